The monoisotopic (exact) mass is 254 g/mol. The van der Waals surface area contributed by atoms with Gasteiger partial charge in [0.1, 0.15) is 5.65 Å². The molecule has 0 saturated heterocycles. The molecule has 0 saturated carbocycles. The summed E-state index contributed by atoms with van der Waals surface area (Å²) in [5.41, 5.74) is 3.43. The number of hydrogen-bond donors (Lipinski definition) is 2. The second kappa shape index (κ2) is 4.68. The van der Waals surface area contributed by atoms with Crippen LogP contribution in [0.3, 0.4) is 0 Å². The van der Waals surface area contributed by atoms with Gasteiger partial charge in [-0.15, -0.1) is 0 Å². The fourth-order valence-electron chi connectivity index (χ4n) is 2.19. The number of aryl methyl sites for hydroxylation is 2. The Labute approximate surface area is 110 Å². The highest BCUT2D eigenvalue weighted by atomic mass is 16.1. The van der Waals surface area contributed by atoms with E-state index in [1.165, 1.54) is 0 Å². The molecule has 5 nitrogen and oxygen atoms in total. The molecule has 0 aliphatic carbocycles. The third kappa shape index (κ3) is 2.14. The number of rotatable bonds is 4. The number of nitrogens with zero attached hydrogens (tertiary/aromatic N) is 2. The van der Waals surface area contributed by atoms with Crippen LogP contribution in [0.5, 0.6) is 0 Å². The topological polar surface area (TPSA) is 74.4 Å². The number of aromatic amines is 2. The first-order chi connectivity index (χ1) is 9.25. The second-order valence-electron chi connectivity index (χ2n) is 4.50. The molecule has 3 rings (SSSR count). The van der Waals surface area contributed by atoms with Crippen molar-refractivity contribution in [1.82, 2.24) is 19.9 Å². The lowest BCUT2D eigenvalue weighted by molar-refractivity contribution is 0.0984. The van der Waals surface area contributed by atoms with Crippen LogP contribution in [0, 0.1) is 6.92 Å². The van der Waals surface area contributed by atoms with Crippen molar-refractivity contribution in [1.29, 1.82) is 0 Å². The molecule has 0 aromatic carbocycles. The summed E-state index contributed by atoms with van der Waals surface area (Å²) in [5, 5.41) is 0.881. The SMILES string of the molecule is Cc1[nH]cnc1CCC(=O)c1c[nH]c2ncccc12. The van der Waals surface area contributed by atoms with Crippen LogP contribution >= 0.6 is 0 Å². The van der Waals surface area contributed by atoms with Gasteiger partial charge >= 0.3 is 0 Å². The number of pyridine rings is 1. The van der Waals surface area contributed by atoms with E-state index in [9.17, 15) is 4.79 Å². The van der Waals surface area contributed by atoms with Crippen LogP contribution in [0.25, 0.3) is 11.0 Å². The summed E-state index contributed by atoms with van der Waals surface area (Å²) in [6.45, 7) is 1.96. The van der Waals surface area contributed by atoms with Gasteiger partial charge in [-0.2, -0.15) is 0 Å². The van der Waals surface area contributed by atoms with Gasteiger partial charge in [0.2, 0.25) is 0 Å². The average molecular weight is 254 g/mol. The van der Waals surface area contributed by atoms with Gasteiger partial charge in [-0.05, 0) is 25.5 Å². The maximum Gasteiger partial charge on any atom is 0.165 e. The van der Waals surface area contributed by atoms with Gasteiger partial charge in [-0.1, -0.05) is 0 Å². The van der Waals surface area contributed by atoms with Crippen LogP contribution in [0.2, 0.25) is 0 Å². The second-order valence-corrected chi connectivity index (χ2v) is 4.50. The molecule has 0 aliphatic rings. The molecule has 0 fully saturated rings. The van der Waals surface area contributed by atoms with Crippen LogP contribution in [0.15, 0.2) is 30.9 Å². The molecule has 0 amide bonds. The highest BCUT2D eigenvalue weighted by molar-refractivity contribution is 6.07. The molecule has 0 unspecified atom stereocenters. The molecule has 2 N–H and O–H groups in total. The molecular formula is C14H14N4O. The lowest BCUT2D eigenvalue weighted by Crippen LogP contribution is -2.01. The Morgan fingerprint density at radius 1 is 1.32 bits per heavy atom. The van der Waals surface area contributed by atoms with Crippen molar-refractivity contribution in [2.24, 2.45) is 0 Å². The molecule has 19 heavy (non-hydrogen) atoms. The van der Waals surface area contributed by atoms with E-state index in [-0.39, 0.29) is 5.78 Å². The number of nitrogens with one attached hydrogen (secondary N) is 2. The van der Waals surface area contributed by atoms with Crippen molar-refractivity contribution in [3.8, 4) is 0 Å². The summed E-state index contributed by atoms with van der Waals surface area (Å²) >= 11 is 0. The number of carbonyl (C=O) groups is 1. The zero-order chi connectivity index (χ0) is 13.2. The number of hydrogen-bond acceptors (Lipinski definition) is 3. The fraction of sp³-hybridized carbons (Fsp3) is 0.214. The fourth-order valence-corrected chi connectivity index (χ4v) is 2.19. The van der Waals surface area contributed by atoms with Crippen molar-refractivity contribution < 1.29 is 4.79 Å². The van der Waals surface area contributed by atoms with Crippen LogP contribution < -0.4 is 0 Å². The first-order valence-electron chi connectivity index (χ1n) is 6.20. The van der Waals surface area contributed by atoms with E-state index in [0.29, 0.717) is 18.4 Å². The molecule has 3 heterocycles. The van der Waals surface area contributed by atoms with Crippen LogP contribution in [-0.4, -0.2) is 25.7 Å². The Bertz CT molecular complexity index is 726. The number of aromatic nitrogens is 4. The van der Waals surface area contributed by atoms with E-state index >= 15 is 0 Å². The zero-order valence-corrected chi connectivity index (χ0v) is 10.6. The lowest BCUT2D eigenvalue weighted by Gasteiger charge is -1.99. The number of fused-ring (bicyclic) bond motifs is 1. The maximum atomic E-state index is 12.2. The van der Waals surface area contributed by atoms with E-state index in [1.807, 2.05) is 19.1 Å². The van der Waals surface area contributed by atoms with Crippen molar-refractivity contribution in [3.63, 3.8) is 0 Å². The van der Waals surface area contributed by atoms with Gasteiger partial charge in [0.25, 0.3) is 0 Å². The van der Waals surface area contributed by atoms with E-state index < -0.39 is 0 Å². The van der Waals surface area contributed by atoms with Gasteiger partial charge < -0.3 is 9.97 Å². The number of H-pyrrole nitrogens is 2. The minimum atomic E-state index is 0.113. The predicted octanol–water partition coefficient (Wildman–Crippen LogP) is 2.41. The average Bonchev–Trinajstić information content (AvgIpc) is 3.02. The number of ketones is 1. The molecule has 3 aromatic rings. The van der Waals surface area contributed by atoms with Gasteiger partial charge in [-0.3, -0.25) is 4.79 Å². The van der Waals surface area contributed by atoms with E-state index in [0.717, 1.165) is 22.4 Å². The Hall–Kier alpha value is -2.43. The highest BCUT2D eigenvalue weighted by Gasteiger charge is 2.13. The minimum Gasteiger partial charge on any atom is -0.348 e. The Morgan fingerprint density at radius 3 is 3.00 bits per heavy atom. The standard InChI is InChI=1S/C14H14N4O/c1-9-12(18-8-17-9)4-5-13(19)11-7-16-14-10(11)3-2-6-15-14/h2-3,6-8H,4-5H2,1H3,(H,15,16)(H,17,18). The first kappa shape index (κ1) is 11.6. The van der Waals surface area contributed by atoms with Crippen molar-refractivity contribution in [2.45, 2.75) is 19.8 Å². The summed E-state index contributed by atoms with van der Waals surface area (Å²) in [7, 11) is 0. The quantitative estimate of drug-likeness (QED) is 0.702. The van der Waals surface area contributed by atoms with Gasteiger partial charge in [-0.25, -0.2) is 9.97 Å². The highest BCUT2D eigenvalue weighted by Crippen LogP contribution is 2.18. The molecular weight excluding hydrogens is 240 g/mol. The van der Waals surface area contributed by atoms with Gasteiger partial charge in [0, 0.05) is 35.5 Å². The zero-order valence-electron chi connectivity index (χ0n) is 10.6. The number of Topliss-reactive ketones (excluding diaryl/α,β-unsaturated/α-hetero) is 1. The molecule has 0 aliphatic heterocycles. The molecule has 5 heteroatoms. The molecule has 0 bridgehead atoms. The molecule has 0 radical (unpaired) electrons. The summed E-state index contributed by atoms with van der Waals surface area (Å²) in [6.07, 6.45) is 6.21. The van der Waals surface area contributed by atoms with E-state index in [2.05, 4.69) is 19.9 Å². The van der Waals surface area contributed by atoms with Crippen molar-refractivity contribution in [3.05, 3.63) is 47.8 Å². The van der Waals surface area contributed by atoms with Gasteiger partial charge in [0.05, 0.1) is 12.0 Å². The van der Waals surface area contributed by atoms with Gasteiger partial charge in [0.15, 0.2) is 5.78 Å². The summed E-state index contributed by atoms with van der Waals surface area (Å²) < 4.78 is 0. The number of carbonyl (C=O) groups excluding carboxylic acids is 1. The summed E-state index contributed by atoms with van der Waals surface area (Å²) in [6, 6.07) is 3.75. The number of imidazole rings is 1. The third-order valence-corrected chi connectivity index (χ3v) is 3.27. The normalized spacial score (nSPS) is 11.0. The molecule has 96 valence electrons. The molecule has 0 atom stereocenters. The Balaban J connectivity index is 1.79. The smallest absolute Gasteiger partial charge is 0.165 e. The predicted molar refractivity (Wildman–Crippen MR) is 72.1 cm³/mol. The third-order valence-electron chi connectivity index (χ3n) is 3.27. The Morgan fingerprint density at radius 2 is 2.21 bits per heavy atom. The van der Waals surface area contributed by atoms with Crippen LogP contribution in [0.1, 0.15) is 28.2 Å². The Kier molecular flexibility index (Phi) is 2.87. The van der Waals surface area contributed by atoms with E-state index in [1.54, 1.807) is 18.7 Å². The van der Waals surface area contributed by atoms with Crippen molar-refractivity contribution >= 4 is 16.8 Å². The van der Waals surface area contributed by atoms with Crippen molar-refractivity contribution in [2.75, 3.05) is 0 Å². The summed E-state index contributed by atoms with van der Waals surface area (Å²) in [5.74, 6) is 0.113. The van der Waals surface area contributed by atoms with Crippen LogP contribution in [-0.2, 0) is 6.42 Å². The first-order valence-corrected chi connectivity index (χ1v) is 6.20. The molecule has 3 aromatic heterocycles. The van der Waals surface area contributed by atoms with E-state index in [4.69, 9.17) is 0 Å². The molecule has 0 spiro atoms. The summed E-state index contributed by atoms with van der Waals surface area (Å²) in [4.78, 5) is 26.7. The minimum absolute atomic E-state index is 0.113. The largest absolute Gasteiger partial charge is 0.348 e. The lowest BCUT2D eigenvalue weighted by atomic mass is 10.1. The van der Waals surface area contributed by atoms with Crippen LogP contribution in [0.4, 0.5) is 0 Å². The maximum absolute atomic E-state index is 12.2.